The van der Waals surface area contributed by atoms with E-state index in [2.05, 4.69) is 10.6 Å². The van der Waals surface area contributed by atoms with E-state index in [1.54, 1.807) is 0 Å². The molecule has 5 heteroatoms. The lowest BCUT2D eigenvalue weighted by Crippen LogP contribution is -2.42. The molecule has 17 heavy (non-hydrogen) atoms. The number of nitrogens with zero attached hydrogens (tertiary/aromatic N) is 1. The molecular formula is C12H23N3O2. The summed E-state index contributed by atoms with van der Waals surface area (Å²) in [5.74, 6) is 0.0114. The van der Waals surface area contributed by atoms with Gasteiger partial charge in [0.25, 0.3) is 0 Å². The van der Waals surface area contributed by atoms with E-state index in [0.29, 0.717) is 6.42 Å². The minimum Gasteiger partial charge on any atom is -0.347 e. The first-order valence-electron chi connectivity index (χ1n) is 6.43. The lowest BCUT2D eigenvalue weighted by molar-refractivity contribution is -0.133. The number of rotatable bonds is 6. The Balaban J connectivity index is 2.11. The second-order valence-corrected chi connectivity index (χ2v) is 4.43. The number of hydrogen-bond donors (Lipinski definition) is 2. The summed E-state index contributed by atoms with van der Waals surface area (Å²) in [6, 6.07) is 0. The molecule has 0 radical (unpaired) electrons. The highest BCUT2D eigenvalue weighted by Crippen LogP contribution is 2.08. The van der Waals surface area contributed by atoms with Crippen LogP contribution in [0.1, 0.15) is 32.1 Å². The van der Waals surface area contributed by atoms with Crippen LogP contribution in [-0.2, 0) is 9.59 Å². The summed E-state index contributed by atoms with van der Waals surface area (Å²) in [6.07, 6.45) is 4.66. The van der Waals surface area contributed by atoms with Crippen molar-refractivity contribution in [2.45, 2.75) is 32.1 Å². The number of carbonyl (C=O) groups excluding carboxylic acids is 2. The maximum atomic E-state index is 11.7. The maximum Gasteiger partial charge on any atom is 0.241 e. The van der Waals surface area contributed by atoms with Crippen LogP contribution in [0, 0.1) is 0 Å². The normalized spacial score (nSPS) is 15.7. The van der Waals surface area contributed by atoms with Crippen molar-refractivity contribution in [2.24, 2.45) is 0 Å². The molecule has 2 N–H and O–H groups in total. The Kier molecular flexibility index (Phi) is 6.62. The number of amides is 2. The van der Waals surface area contributed by atoms with E-state index in [-0.39, 0.29) is 18.4 Å². The molecule has 5 nitrogen and oxygen atoms in total. The van der Waals surface area contributed by atoms with Crippen LogP contribution in [0.3, 0.4) is 0 Å². The summed E-state index contributed by atoms with van der Waals surface area (Å²) in [7, 11) is 1.86. The molecule has 0 spiro atoms. The zero-order valence-electron chi connectivity index (χ0n) is 10.6. The van der Waals surface area contributed by atoms with Gasteiger partial charge >= 0.3 is 0 Å². The molecule has 0 aromatic heterocycles. The van der Waals surface area contributed by atoms with Crippen molar-refractivity contribution >= 4 is 11.8 Å². The van der Waals surface area contributed by atoms with E-state index in [9.17, 15) is 9.59 Å². The van der Waals surface area contributed by atoms with Gasteiger partial charge in [-0.15, -0.1) is 0 Å². The highest BCUT2D eigenvalue weighted by molar-refractivity contribution is 5.84. The molecule has 0 aliphatic carbocycles. The lowest BCUT2D eigenvalue weighted by atomic mass is 10.1. The van der Waals surface area contributed by atoms with Gasteiger partial charge in [0.1, 0.15) is 0 Å². The SMILES string of the molecule is CNCCCC(=O)NCC(=O)N1CCCCC1. The molecule has 1 aliphatic heterocycles. The van der Waals surface area contributed by atoms with E-state index >= 15 is 0 Å². The van der Waals surface area contributed by atoms with Gasteiger partial charge in [0, 0.05) is 19.5 Å². The largest absolute Gasteiger partial charge is 0.347 e. The van der Waals surface area contributed by atoms with E-state index in [1.807, 2.05) is 11.9 Å². The van der Waals surface area contributed by atoms with E-state index in [1.165, 1.54) is 6.42 Å². The standard InChI is InChI=1S/C12H23N3O2/c1-13-7-5-6-11(16)14-10-12(17)15-8-3-2-4-9-15/h13H,2-10H2,1H3,(H,14,16). The first-order chi connectivity index (χ1) is 8.24. The topological polar surface area (TPSA) is 61.4 Å². The summed E-state index contributed by atoms with van der Waals surface area (Å²) in [6.45, 7) is 2.66. The fourth-order valence-corrected chi connectivity index (χ4v) is 1.94. The Morgan fingerprint density at radius 3 is 2.53 bits per heavy atom. The predicted octanol–water partition coefficient (Wildman–Crippen LogP) is 0.115. The maximum absolute atomic E-state index is 11.7. The third-order valence-corrected chi connectivity index (χ3v) is 2.98. The molecular weight excluding hydrogens is 218 g/mol. The highest BCUT2D eigenvalue weighted by atomic mass is 16.2. The Hall–Kier alpha value is -1.10. The van der Waals surface area contributed by atoms with Gasteiger partial charge in [-0.3, -0.25) is 9.59 Å². The minimum atomic E-state index is -0.0365. The van der Waals surface area contributed by atoms with Crippen LogP contribution in [-0.4, -0.2) is 49.9 Å². The fourth-order valence-electron chi connectivity index (χ4n) is 1.94. The average molecular weight is 241 g/mol. The zero-order chi connectivity index (χ0) is 12.5. The molecule has 0 saturated carbocycles. The second-order valence-electron chi connectivity index (χ2n) is 4.43. The van der Waals surface area contributed by atoms with Crippen LogP contribution in [0.4, 0.5) is 0 Å². The number of carbonyl (C=O) groups is 2. The quantitative estimate of drug-likeness (QED) is 0.649. The Morgan fingerprint density at radius 2 is 1.88 bits per heavy atom. The van der Waals surface area contributed by atoms with E-state index < -0.39 is 0 Å². The van der Waals surface area contributed by atoms with Gasteiger partial charge in [0.2, 0.25) is 11.8 Å². The molecule has 0 bridgehead atoms. The summed E-state index contributed by atoms with van der Waals surface area (Å²) in [5.41, 5.74) is 0. The number of nitrogens with one attached hydrogen (secondary N) is 2. The molecule has 1 heterocycles. The van der Waals surface area contributed by atoms with Crippen LogP contribution < -0.4 is 10.6 Å². The van der Waals surface area contributed by atoms with Crippen molar-refractivity contribution in [1.82, 2.24) is 15.5 Å². The molecule has 98 valence electrons. The Morgan fingerprint density at radius 1 is 1.18 bits per heavy atom. The monoisotopic (exact) mass is 241 g/mol. The van der Waals surface area contributed by atoms with Crippen molar-refractivity contribution in [2.75, 3.05) is 33.2 Å². The molecule has 0 unspecified atom stereocenters. The first-order valence-corrected chi connectivity index (χ1v) is 6.43. The summed E-state index contributed by atoms with van der Waals surface area (Å²) in [5, 5.41) is 5.67. The van der Waals surface area contributed by atoms with Gasteiger partial charge in [0.15, 0.2) is 0 Å². The van der Waals surface area contributed by atoms with Crippen molar-refractivity contribution < 1.29 is 9.59 Å². The molecule has 0 aromatic rings. The highest BCUT2D eigenvalue weighted by Gasteiger charge is 2.16. The zero-order valence-corrected chi connectivity index (χ0v) is 10.6. The van der Waals surface area contributed by atoms with Gasteiger partial charge < -0.3 is 15.5 Å². The van der Waals surface area contributed by atoms with Gasteiger partial charge in [-0.2, -0.15) is 0 Å². The van der Waals surface area contributed by atoms with Crippen molar-refractivity contribution in [3.05, 3.63) is 0 Å². The number of piperidine rings is 1. The van der Waals surface area contributed by atoms with Crippen molar-refractivity contribution in [3.8, 4) is 0 Å². The molecule has 1 aliphatic rings. The lowest BCUT2D eigenvalue weighted by Gasteiger charge is -2.26. The van der Waals surface area contributed by atoms with Crippen LogP contribution in [0.25, 0.3) is 0 Å². The predicted molar refractivity (Wildman–Crippen MR) is 66.6 cm³/mol. The summed E-state index contributed by atoms with van der Waals surface area (Å²) in [4.78, 5) is 25.0. The van der Waals surface area contributed by atoms with Gasteiger partial charge in [0.05, 0.1) is 6.54 Å². The summed E-state index contributed by atoms with van der Waals surface area (Å²) >= 11 is 0. The third kappa shape index (κ3) is 5.68. The van der Waals surface area contributed by atoms with Crippen molar-refractivity contribution in [1.29, 1.82) is 0 Å². The summed E-state index contributed by atoms with van der Waals surface area (Å²) < 4.78 is 0. The third-order valence-electron chi connectivity index (χ3n) is 2.98. The smallest absolute Gasteiger partial charge is 0.241 e. The van der Waals surface area contributed by atoms with Crippen LogP contribution in [0.15, 0.2) is 0 Å². The number of hydrogen-bond acceptors (Lipinski definition) is 3. The minimum absolute atomic E-state index is 0.0365. The van der Waals surface area contributed by atoms with Crippen LogP contribution in [0.2, 0.25) is 0 Å². The molecule has 0 aromatic carbocycles. The van der Waals surface area contributed by atoms with E-state index in [0.717, 1.165) is 38.9 Å². The Bertz CT molecular complexity index is 250. The molecule has 1 rings (SSSR count). The average Bonchev–Trinajstić information content (AvgIpc) is 2.37. The molecule has 2 amide bonds. The second kappa shape index (κ2) is 8.06. The number of likely N-dealkylation sites (tertiary alicyclic amines) is 1. The van der Waals surface area contributed by atoms with Crippen molar-refractivity contribution in [3.63, 3.8) is 0 Å². The van der Waals surface area contributed by atoms with Gasteiger partial charge in [-0.05, 0) is 39.3 Å². The van der Waals surface area contributed by atoms with Crippen LogP contribution in [0.5, 0.6) is 0 Å². The van der Waals surface area contributed by atoms with Gasteiger partial charge in [-0.1, -0.05) is 0 Å². The van der Waals surface area contributed by atoms with E-state index in [4.69, 9.17) is 0 Å². The van der Waals surface area contributed by atoms with Gasteiger partial charge in [-0.25, -0.2) is 0 Å². The molecule has 1 fully saturated rings. The fraction of sp³-hybridized carbons (Fsp3) is 0.833. The first kappa shape index (κ1) is 14.0. The molecule has 0 atom stereocenters. The van der Waals surface area contributed by atoms with Crippen LogP contribution >= 0.6 is 0 Å². The Labute approximate surface area is 103 Å². The molecule has 1 saturated heterocycles.